The van der Waals surface area contributed by atoms with E-state index in [4.69, 9.17) is 4.98 Å². The minimum atomic E-state index is -0.306. The number of pyridine rings is 1. The van der Waals surface area contributed by atoms with Gasteiger partial charge < -0.3 is 9.72 Å². The molecule has 0 aliphatic heterocycles. The first-order valence-electron chi connectivity index (χ1n) is 9.63. The lowest BCUT2D eigenvalue weighted by atomic mass is 10.1. The standard InChI is InChI=1S/C20H20N6O2S/c1-11(2)16-17-18(29-19(23-17)12-3-4-12)20(28)26(24-16)10-15(27)22-13-5-6-14-21-7-8-25(14)9-13/h5-9,11-12H,3-4,10H2,1-2H3,(H,22,27). The van der Waals surface area contributed by atoms with Crippen molar-refractivity contribution >= 4 is 38.8 Å². The Balaban J connectivity index is 1.46. The van der Waals surface area contributed by atoms with Gasteiger partial charge in [-0.3, -0.25) is 9.59 Å². The molecule has 148 valence electrons. The van der Waals surface area contributed by atoms with E-state index in [1.807, 2.05) is 24.3 Å². The number of carbonyl (C=O) groups is 1. The van der Waals surface area contributed by atoms with Crippen LogP contribution in [-0.4, -0.2) is 30.1 Å². The molecule has 1 saturated carbocycles. The van der Waals surface area contributed by atoms with Crippen LogP contribution in [-0.2, 0) is 11.3 Å². The molecule has 1 fully saturated rings. The predicted molar refractivity (Wildman–Crippen MR) is 112 cm³/mol. The first-order chi connectivity index (χ1) is 14.0. The smallest absolute Gasteiger partial charge is 0.286 e. The van der Waals surface area contributed by atoms with Crippen LogP contribution in [0.15, 0.2) is 35.5 Å². The van der Waals surface area contributed by atoms with Crippen LogP contribution in [0.3, 0.4) is 0 Å². The van der Waals surface area contributed by atoms with Gasteiger partial charge in [-0.1, -0.05) is 13.8 Å². The van der Waals surface area contributed by atoms with Crippen LogP contribution in [0, 0.1) is 0 Å². The number of carbonyl (C=O) groups excluding carboxylic acids is 1. The van der Waals surface area contributed by atoms with Crippen molar-refractivity contribution in [2.75, 3.05) is 5.32 Å². The van der Waals surface area contributed by atoms with E-state index in [2.05, 4.69) is 15.4 Å². The molecular formula is C20H20N6O2S. The SMILES string of the molecule is CC(C)c1nn(CC(=O)Nc2ccc3nccn3c2)c(=O)c2sc(C3CC3)nc12. The summed E-state index contributed by atoms with van der Waals surface area (Å²) in [6.45, 7) is 3.90. The third-order valence-electron chi connectivity index (χ3n) is 4.98. The van der Waals surface area contributed by atoms with Crippen molar-refractivity contribution in [1.29, 1.82) is 0 Å². The van der Waals surface area contributed by atoms with E-state index in [-0.39, 0.29) is 23.9 Å². The molecule has 0 saturated heterocycles. The van der Waals surface area contributed by atoms with Crippen LogP contribution in [0.5, 0.6) is 0 Å². The van der Waals surface area contributed by atoms with Crippen LogP contribution >= 0.6 is 11.3 Å². The van der Waals surface area contributed by atoms with Crippen molar-refractivity contribution < 1.29 is 4.79 Å². The number of rotatable bonds is 5. The fourth-order valence-electron chi connectivity index (χ4n) is 3.33. The van der Waals surface area contributed by atoms with Gasteiger partial charge in [-0.15, -0.1) is 11.3 Å². The second-order valence-corrected chi connectivity index (χ2v) is 8.70. The maximum Gasteiger partial charge on any atom is 0.286 e. The third kappa shape index (κ3) is 3.31. The topological polar surface area (TPSA) is 94.2 Å². The Morgan fingerprint density at radius 1 is 1.34 bits per heavy atom. The molecular weight excluding hydrogens is 388 g/mol. The fourth-order valence-corrected chi connectivity index (χ4v) is 4.51. The van der Waals surface area contributed by atoms with Gasteiger partial charge in [0.1, 0.15) is 22.4 Å². The normalized spacial score (nSPS) is 14.2. The van der Waals surface area contributed by atoms with E-state index in [1.165, 1.54) is 16.0 Å². The molecule has 8 nitrogen and oxygen atoms in total. The van der Waals surface area contributed by atoms with Crippen molar-refractivity contribution in [3.05, 3.63) is 51.8 Å². The molecule has 1 aliphatic rings. The Labute approximate surface area is 170 Å². The number of anilines is 1. The summed E-state index contributed by atoms with van der Waals surface area (Å²) in [5.74, 6) is 0.270. The van der Waals surface area contributed by atoms with Crippen LogP contribution in [0.2, 0.25) is 0 Å². The Morgan fingerprint density at radius 2 is 2.17 bits per heavy atom. The van der Waals surface area contributed by atoms with Gasteiger partial charge in [0.15, 0.2) is 0 Å². The third-order valence-corrected chi connectivity index (χ3v) is 6.19. The van der Waals surface area contributed by atoms with Gasteiger partial charge in [-0.25, -0.2) is 14.6 Å². The molecule has 4 aromatic heterocycles. The zero-order valence-corrected chi connectivity index (χ0v) is 16.9. The van der Waals surface area contributed by atoms with Gasteiger partial charge in [0, 0.05) is 24.5 Å². The summed E-state index contributed by atoms with van der Waals surface area (Å²) in [7, 11) is 0. The lowest BCUT2D eigenvalue weighted by Gasteiger charge is -2.11. The number of fused-ring (bicyclic) bond motifs is 2. The molecule has 0 radical (unpaired) electrons. The zero-order chi connectivity index (χ0) is 20.1. The Hall–Kier alpha value is -3.07. The summed E-state index contributed by atoms with van der Waals surface area (Å²) in [5.41, 5.74) is 2.63. The number of nitrogens with one attached hydrogen (secondary N) is 1. The van der Waals surface area contributed by atoms with Gasteiger partial charge in [-0.2, -0.15) is 5.10 Å². The van der Waals surface area contributed by atoms with Crippen molar-refractivity contribution in [1.82, 2.24) is 24.1 Å². The average Bonchev–Trinajstić information content (AvgIpc) is 3.26. The molecule has 1 amide bonds. The summed E-state index contributed by atoms with van der Waals surface area (Å²) in [5, 5.41) is 8.33. The Bertz CT molecular complexity index is 1300. The highest BCUT2D eigenvalue weighted by Crippen LogP contribution is 2.43. The molecule has 0 unspecified atom stereocenters. The van der Waals surface area contributed by atoms with Crippen LogP contribution < -0.4 is 10.9 Å². The van der Waals surface area contributed by atoms with Gasteiger partial charge in [0.2, 0.25) is 5.91 Å². The van der Waals surface area contributed by atoms with E-state index in [9.17, 15) is 9.59 Å². The van der Waals surface area contributed by atoms with Gasteiger partial charge in [0.25, 0.3) is 5.56 Å². The highest BCUT2D eigenvalue weighted by molar-refractivity contribution is 7.18. The summed E-state index contributed by atoms with van der Waals surface area (Å²) in [4.78, 5) is 34.5. The van der Waals surface area contributed by atoms with E-state index in [0.717, 1.165) is 29.2 Å². The number of thiazole rings is 1. The first kappa shape index (κ1) is 18.0. The highest BCUT2D eigenvalue weighted by atomic mass is 32.1. The minimum Gasteiger partial charge on any atom is -0.323 e. The maximum absolute atomic E-state index is 13.0. The molecule has 5 rings (SSSR count). The lowest BCUT2D eigenvalue weighted by molar-refractivity contribution is -0.117. The van der Waals surface area contributed by atoms with Crippen molar-refractivity contribution in [3.8, 4) is 0 Å². The molecule has 4 aromatic rings. The first-order valence-corrected chi connectivity index (χ1v) is 10.5. The Morgan fingerprint density at radius 3 is 2.93 bits per heavy atom. The number of hydrogen-bond donors (Lipinski definition) is 1. The van der Waals surface area contributed by atoms with E-state index in [1.54, 1.807) is 24.7 Å². The van der Waals surface area contributed by atoms with Crippen LogP contribution in [0.25, 0.3) is 15.9 Å². The summed E-state index contributed by atoms with van der Waals surface area (Å²) in [6.07, 6.45) is 7.54. The van der Waals surface area contributed by atoms with Crippen LogP contribution in [0.4, 0.5) is 5.69 Å². The lowest BCUT2D eigenvalue weighted by Crippen LogP contribution is -2.30. The summed E-state index contributed by atoms with van der Waals surface area (Å²) >= 11 is 1.45. The van der Waals surface area contributed by atoms with E-state index in [0.29, 0.717) is 21.8 Å². The molecule has 0 spiro atoms. The molecule has 0 atom stereocenters. The maximum atomic E-state index is 13.0. The summed E-state index contributed by atoms with van der Waals surface area (Å²) in [6, 6.07) is 3.60. The minimum absolute atomic E-state index is 0.102. The van der Waals surface area contributed by atoms with E-state index >= 15 is 0 Å². The monoisotopic (exact) mass is 408 g/mol. The number of aromatic nitrogens is 5. The van der Waals surface area contributed by atoms with Gasteiger partial charge in [-0.05, 0) is 30.9 Å². The Kier molecular flexibility index (Phi) is 4.20. The predicted octanol–water partition coefficient (Wildman–Crippen LogP) is 3.14. The number of hydrogen-bond acceptors (Lipinski definition) is 6. The van der Waals surface area contributed by atoms with Crippen molar-refractivity contribution in [2.45, 2.75) is 45.1 Å². The molecule has 4 heterocycles. The van der Waals surface area contributed by atoms with Gasteiger partial charge >= 0.3 is 0 Å². The van der Waals surface area contributed by atoms with E-state index < -0.39 is 0 Å². The quantitative estimate of drug-likeness (QED) is 0.547. The van der Waals surface area contributed by atoms with Crippen molar-refractivity contribution in [3.63, 3.8) is 0 Å². The number of imidazole rings is 1. The molecule has 29 heavy (non-hydrogen) atoms. The molecule has 1 aliphatic carbocycles. The zero-order valence-electron chi connectivity index (χ0n) is 16.1. The molecule has 9 heteroatoms. The second-order valence-electron chi connectivity index (χ2n) is 7.67. The fraction of sp³-hybridized carbons (Fsp3) is 0.350. The summed E-state index contributed by atoms with van der Waals surface area (Å²) < 4.78 is 3.68. The average molecular weight is 408 g/mol. The molecule has 0 aromatic carbocycles. The highest BCUT2D eigenvalue weighted by Gasteiger charge is 2.29. The van der Waals surface area contributed by atoms with Crippen LogP contribution in [0.1, 0.15) is 49.2 Å². The largest absolute Gasteiger partial charge is 0.323 e. The number of nitrogens with zero attached hydrogens (tertiary/aromatic N) is 5. The van der Waals surface area contributed by atoms with Crippen molar-refractivity contribution in [2.24, 2.45) is 0 Å². The van der Waals surface area contributed by atoms with Gasteiger partial charge in [0.05, 0.1) is 16.4 Å². The second kappa shape index (κ2) is 6.77. The molecule has 1 N–H and O–H groups in total. The molecule has 0 bridgehead atoms. The number of amides is 1.